The lowest BCUT2D eigenvalue weighted by Gasteiger charge is -2.24. The van der Waals surface area contributed by atoms with E-state index in [0.717, 1.165) is 17.5 Å². The largest absolute Gasteiger partial charge is 0.346 e. The fourth-order valence-corrected chi connectivity index (χ4v) is 5.00. The fraction of sp³-hybridized carbons (Fsp3) is 0.231. The van der Waals surface area contributed by atoms with Gasteiger partial charge in [-0.1, -0.05) is 54.6 Å². The van der Waals surface area contributed by atoms with Gasteiger partial charge in [-0.3, -0.25) is 9.59 Å². The zero-order valence-electron chi connectivity index (χ0n) is 17.8. The summed E-state index contributed by atoms with van der Waals surface area (Å²) in [7, 11) is 0. The summed E-state index contributed by atoms with van der Waals surface area (Å²) >= 11 is 1.62. The molecule has 0 spiro atoms. The van der Waals surface area contributed by atoms with E-state index in [2.05, 4.69) is 17.4 Å². The van der Waals surface area contributed by atoms with Gasteiger partial charge >= 0.3 is 0 Å². The molecule has 0 unspecified atom stereocenters. The van der Waals surface area contributed by atoms with E-state index >= 15 is 0 Å². The van der Waals surface area contributed by atoms with Crippen molar-refractivity contribution in [1.82, 2.24) is 10.2 Å². The van der Waals surface area contributed by atoms with Crippen LogP contribution in [0.1, 0.15) is 45.4 Å². The zero-order chi connectivity index (χ0) is 22.5. The smallest absolute Gasteiger partial charge is 0.251 e. The predicted molar refractivity (Wildman–Crippen MR) is 126 cm³/mol. The van der Waals surface area contributed by atoms with Crippen molar-refractivity contribution in [2.75, 3.05) is 12.3 Å². The zero-order valence-corrected chi connectivity index (χ0v) is 18.6. The van der Waals surface area contributed by atoms with E-state index in [4.69, 9.17) is 0 Å². The summed E-state index contributed by atoms with van der Waals surface area (Å²) in [6.45, 7) is 2.53. The summed E-state index contributed by atoms with van der Waals surface area (Å²) in [6, 6.07) is 23.4. The van der Waals surface area contributed by atoms with Crippen molar-refractivity contribution in [3.8, 4) is 0 Å². The molecule has 1 aliphatic rings. The van der Waals surface area contributed by atoms with Gasteiger partial charge < -0.3 is 10.2 Å². The van der Waals surface area contributed by atoms with Crippen LogP contribution in [0.4, 0.5) is 4.39 Å². The molecule has 6 heteroatoms. The first-order valence-corrected chi connectivity index (χ1v) is 11.7. The molecule has 0 radical (unpaired) electrons. The van der Waals surface area contributed by atoms with Gasteiger partial charge in [0.25, 0.3) is 5.91 Å². The third-order valence-corrected chi connectivity index (χ3v) is 6.88. The van der Waals surface area contributed by atoms with Gasteiger partial charge in [0.15, 0.2) is 0 Å². The standard InChI is InChI=1S/C26H25FN2O2S/c1-18(20-11-13-23(27)14-12-20)28-25(31)21-7-9-22(10-8-21)26-29(24(30)17-32-26)16-15-19-5-3-2-4-6-19/h2-14,18,26H,15-17H2,1H3,(H,28,31)/t18-,26-/m1/s1. The average molecular weight is 449 g/mol. The monoisotopic (exact) mass is 448 g/mol. The summed E-state index contributed by atoms with van der Waals surface area (Å²) < 4.78 is 13.1. The van der Waals surface area contributed by atoms with Crippen LogP contribution in [0.15, 0.2) is 78.9 Å². The van der Waals surface area contributed by atoms with Gasteiger partial charge in [0.05, 0.1) is 11.8 Å². The van der Waals surface area contributed by atoms with Crippen LogP contribution in [0.3, 0.4) is 0 Å². The highest BCUT2D eigenvalue weighted by molar-refractivity contribution is 8.00. The summed E-state index contributed by atoms with van der Waals surface area (Å²) in [6.07, 6.45) is 0.811. The van der Waals surface area contributed by atoms with E-state index in [9.17, 15) is 14.0 Å². The molecule has 3 aromatic carbocycles. The van der Waals surface area contributed by atoms with E-state index in [1.54, 1.807) is 36.0 Å². The second kappa shape index (κ2) is 10.0. The van der Waals surface area contributed by atoms with Crippen LogP contribution in [0, 0.1) is 5.82 Å². The lowest BCUT2D eigenvalue weighted by molar-refractivity contribution is -0.128. The highest BCUT2D eigenvalue weighted by Crippen LogP contribution is 2.38. The summed E-state index contributed by atoms with van der Waals surface area (Å²) in [5.74, 6) is 0.121. The SMILES string of the molecule is C[C@@H](NC(=O)c1ccc([C@H]2SCC(=O)N2CCc2ccccc2)cc1)c1ccc(F)cc1. The number of halogens is 1. The molecule has 164 valence electrons. The minimum Gasteiger partial charge on any atom is -0.346 e. The van der Waals surface area contributed by atoms with Gasteiger partial charge in [-0.2, -0.15) is 0 Å². The van der Waals surface area contributed by atoms with E-state index in [-0.39, 0.29) is 29.0 Å². The Bertz CT molecular complexity index is 1070. The Balaban J connectivity index is 1.40. The lowest BCUT2D eigenvalue weighted by Crippen LogP contribution is -2.30. The van der Waals surface area contributed by atoms with Crippen molar-refractivity contribution >= 4 is 23.6 Å². The van der Waals surface area contributed by atoms with Gasteiger partial charge in [0.1, 0.15) is 11.2 Å². The van der Waals surface area contributed by atoms with Crippen molar-refractivity contribution in [3.63, 3.8) is 0 Å². The van der Waals surface area contributed by atoms with Crippen LogP contribution in [0.2, 0.25) is 0 Å². The van der Waals surface area contributed by atoms with Crippen molar-refractivity contribution in [2.24, 2.45) is 0 Å². The lowest BCUT2D eigenvalue weighted by atomic mass is 10.1. The Morgan fingerprint density at radius 1 is 1.06 bits per heavy atom. The number of rotatable bonds is 7. The van der Waals surface area contributed by atoms with Crippen LogP contribution >= 0.6 is 11.8 Å². The number of amides is 2. The Hall–Kier alpha value is -3.12. The molecule has 4 rings (SSSR count). The highest BCUT2D eigenvalue weighted by atomic mass is 32.2. The first-order valence-electron chi connectivity index (χ1n) is 10.6. The number of carbonyl (C=O) groups is 2. The van der Waals surface area contributed by atoms with Gasteiger partial charge in [-0.25, -0.2) is 4.39 Å². The molecule has 3 aromatic rings. The maximum Gasteiger partial charge on any atom is 0.251 e. The Morgan fingerprint density at radius 3 is 2.44 bits per heavy atom. The predicted octanol–water partition coefficient (Wildman–Crippen LogP) is 5.13. The van der Waals surface area contributed by atoms with Crippen LogP contribution < -0.4 is 5.32 Å². The van der Waals surface area contributed by atoms with Crippen molar-refractivity contribution in [1.29, 1.82) is 0 Å². The van der Waals surface area contributed by atoms with Crippen LogP contribution in [0.25, 0.3) is 0 Å². The topological polar surface area (TPSA) is 49.4 Å². The maximum absolute atomic E-state index is 13.1. The van der Waals surface area contributed by atoms with Crippen molar-refractivity contribution < 1.29 is 14.0 Å². The van der Waals surface area contributed by atoms with Crippen LogP contribution in [-0.4, -0.2) is 29.0 Å². The molecular weight excluding hydrogens is 423 g/mol. The van der Waals surface area contributed by atoms with Gasteiger partial charge in [-0.15, -0.1) is 11.8 Å². The van der Waals surface area contributed by atoms with Crippen LogP contribution in [0.5, 0.6) is 0 Å². The second-order valence-corrected chi connectivity index (χ2v) is 8.92. The van der Waals surface area contributed by atoms with Crippen LogP contribution in [-0.2, 0) is 11.2 Å². The molecule has 2 amide bonds. The molecule has 0 bridgehead atoms. The number of carbonyl (C=O) groups excluding carboxylic acids is 2. The molecule has 1 N–H and O–H groups in total. The molecule has 1 heterocycles. The minimum absolute atomic E-state index is 0.0403. The molecule has 1 saturated heterocycles. The first kappa shape index (κ1) is 22.1. The summed E-state index contributed by atoms with van der Waals surface area (Å²) in [5, 5.41) is 2.90. The van der Waals surface area contributed by atoms with Gasteiger partial charge in [-0.05, 0) is 54.3 Å². The number of nitrogens with zero attached hydrogens (tertiary/aromatic N) is 1. The molecule has 1 fully saturated rings. The highest BCUT2D eigenvalue weighted by Gasteiger charge is 2.32. The van der Waals surface area contributed by atoms with E-state index in [1.807, 2.05) is 42.2 Å². The summed E-state index contributed by atoms with van der Waals surface area (Å²) in [4.78, 5) is 27.0. The van der Waals surface area contributed by atoms with Crippen molar-refractivity contribution in [2.45, 2.75) is 24.8 Å². The molecule has 32 heavy (non-hydrogen) atoms. The number of hydrogen-bond donors (Lipinski definition) is 1. The normalized spacial score (nSPS) is 16.8. The van der Waals surface area contributed by atoms with E-state index < -0.39 is 0 Å². The molecule has 0 saturated carbocycles. The third-order valence-electron chi connectivity index (χ3n) is 5.63. The maximum atomic E-state index is 13.1. The second-order valence-electron chi connectivity index (χ2n) is 7.85. The minimum atomic E-state index is -0.302. The molecular formula is C26H25FN2O2S. The number of hydrogen-bond acceptors (Lipinski definition) is 3. The van der Waals surface area contributed by atoms with Gasteiger partial charge in [0, 0.05) is 12.1 Å². The Morgan fingerprint density at radius 2 is 1.75 bits per heavy atom. The van der Waals surface area contributed by atoms with E-state index in [0.29, 0.717) is 17.9 Å². The van der Waals surface area contributed by atoms with Crippen molar-refractivity contribution in [3.05, 3.63) is 107 Å². The Kier molecular flexibility index (Phi) is 6.90. The molecule has 1 aliphatic heterocycles. The summed E-state index contributed by atoms with van der Waals surface area (Å²) in [5.41, 5.74) is 3.61. The number of benzene rings is 3. The van der Waals surface area contributed by atoms with Gasteiger partial charge in [0.2, 0.25) is 5.91 Å². The molecule has 0 aromatic heterocycles. The molecule has 2 atom stereocenters. The molecule has 4 nitrogen and oxygen atoms in total. The number of nitrogens with one attached hydrogen (secondary N) is 1. The Labute approximate surface area is 191 Å². The fourth-order valence-electron chi connectivity index (χ4n) is 3.78. The molecule has 0 aliphatic carbocycles. The third kappa shape index (κ3) is 5.19. The first-order chi connectivity index (χ1) is 15.5. The number of thioether (sulfide) groups is 1. The average Bonchev–Trinajstić information content (AvgIpc) is 3.19. The quantitative estimate of drug-likeness (QED) is 0.545. The van der Waals surface area contributed by atoms with E-state index in [1.165, 1.54) is 17.7 Å².